The third kappa shape index (κ3) is 4.60. The molecular weight excluding hydrogens is 480 g/mol. The monoisotopic (exact) mass is 497 g/mol. The van der Waals surface area contributed by atoms with Crippen LogP contribution in [-0.2, 0) is 6.54 Å². The van der Waals surface area contributed by atoms with E-state index >= 15 is 0 Å². The highest BCUT2D eigenvalue weighted by molar-refractivity contribution is 9.10. The molecule has 0 radical (unpaired) electrons. The van der Waals surface area contributed by atoms with Crippen LogP contribution in [0.4, 0.5) is 8.78 Å². The maximum Gasteiger partial charge on any atom is 0.265 e. The fraction of sp³-hybridized carbons (Fsp3) is 0.125. The van der Waals surface area contributed by atoms with Gasteiger partial charge in [-0.1, -0.05) is 24.3 Å². The number of fused-ring (bicyclic) bond motifs is 1. The van der Waals surface area contributed by atoms with E-state index in [9.17, 15) is 18.4 Å². The zero-order chi connectivity index (χ0) is 22.8. The predicted octanol–water partition coefficient (Wildman–Crippen LogP) is 4.98. The summed E-state index contributed by atoms with van der Waals surface area (Å²) in [6.45, 7) is 1.88. The summed E-state index contributed by atoms with van der Waals surface area (Å²) in [7, 11) is 0. The van der Waals surface area contributed by atoms with E-state index < -0.39 is 17.5 Å². The van der Waals surface area contributed by atoms with Crippen LogP contribution in [0, 0.1) is 11.6 Å². The molecule has 1 amide bonds. The first-order valence-corrected chi connectivity index (χ1v) is 10.6. The van der Waals surface area contributed by atoms with Gasteiger partial charge in [0.1, 0.15) is 22.8 Å². The summed E-state index contributed by atoms with van der Waals surface area (Å²) in [6.07, 6.45) is 1.57. The zero-order valence-corrected chi connectivity index (χ0v) is 18.6. The number of hydrogen-bond donors (Lipinski definition) is 1. The van der Waals surface area contributed by atoms with Crippen LogP contribution in [0.2, 0.25) is 0 Å². The van der Waals surface area contributed by atoms with Crippen LogP contribution < -0.4 is 10.9 Å². The van der Waals surface area contributed by atoms with Crippen molar-refractivity contribution in [3.63, 3.8) is 0 Å². The molecule has 32 heavy (non-hydrogen) atoms. The van der Waals surface area contributed by atoms with E-state index in [4.69, 9.17) is 0 Å². The number of nitrogens with zero attached hydrogens (tertiary/aromatic N) is 2. The number of carbonyl (C=O) groups is 1. The lowest BCUT2D eigenvalue weighted by Crippen LogP contribution is -2.35. The van der Waals surface area contributed by atoms with Crippen molar-refractivity contribution in [1.29, 1.82) is 0 Å². The van der Waals surface area contributed by atoms with Gasteiger partial charge in [-0.2, -0.15) is 0 Å². The molecule has 2 heterocycles. The van der Waals surface area contributed by atoms with Crippen molar-refractivity contribution in [1.82, 2.24) is 14.9 Å². The normalized spacial score (nSPS) is 12.0. The highest BCUT2D eigenvalue weighted by Crippen LogP contribution is 2.19. The van der Waals surface area contributed by atoms with Gasteiger partial charge in [0.15, 0.2) is 0 Å². The van der Waals surface area contributed by atoms with Crippen molar-refractivity contribution < 1.29 is 13.6 Å². The summed E-state index contributed by atoms with van der Waals surface area (Å²) >= 11 is 3.37. The van der Waals surface area contributed by atoms with Gasteiger partial charge in [-0.3, -0.25) is 14.2 Å². The lowest BCUT2D eigenvalue weighted by Gasteiger charge is -2.16. The molecule has 0 unspecified atom stereocenters. The molecule has 1 N–H and O–H groups in total. The lowest BCUT2D eigenvalue weighted by molar-refractivity contribution is 0.0938. The third-order valence-electron chi connectivity index (χ3n) is 5.11. The van der Waals surface area contributed by atoms with Gasteiger partial charge in [-0.25, -0.2) is 13.8 Å². The Labute approximate surface area is 190 Å². The van der Waals surface area contributed by atoms with E-state index in [2.05, 4.69) is 26.2 Å². The summed E-state index contributed by atoms with van der Waals surface area (Å²) in [5.41, 5.74) is 1.24. The zero-order valence-electron chi connectivity index (χ0n) is 17.0. The molecule has 4 rings (SSSR count). The molecule has 1 atom stereocenters. The highest BCUT2D eigenvalue weighted by Gasteiger charge is 2.19. The van der Waals surface area contributed by atoms with Gasteiger partial charge < -0.3 is 5.32 Å². The van der Waals surface area contributed by atoms with Gasteiger partial charge >= 0.3 is 0 Å². The molecule has 0 bridgehead atoms. The van der Waals surface area contributed by atoms with Crippen LogP contribution in [0.5, 0.6) is 0 Å². The average Bonchev–Trinajstić information content (AvgIpc) is 2.77. The fourth-order valence-electron chi connectivity index (χ4n) is 3.43. The number of benzene rings is 2. The highest BCUT2D eigenvalue weighted by atomic mass is 79.9. The van der Waals surface area contributed by atoms with E-state index in [1.54, 1.807) is 43.5 Å². The Morgan fingerprint density at radius 2 is 1.69 bits per heavy atom. The third-order valence-corrected chi connectivity index (χ3v) is 5.54. The van der Waals surface area contributed by atoms with Gasteiger partial charge in [-0.15, -0.1) is 0 Å². The first kappa shape index (κ1) is 21.8. The molecule has 0 fully saturated rings. The fourth-order valence-corrected chi connectivity index (χ4v) is 3.78. The van der Waals surface area contributed by atoms with Crippen molar-refractivity contribution in [3.8, 4) is 0 Å². The van der Waals surface area contributed by atoms with Crippen LogP contribution in [0.1, 0.15) is 34.5 Å². The molecule has 0 saturated carbocycles. The smallest absolute Gasteiger partial charge is 0.265 e. The maximum absolute atomic E-state index is 13.3. The molecule has 2 aromatic heterocycles. The first-order valence-electron chi connectivity index (χ1n) is 9.81. The number of amides is 1. The molecule has 0 saturated heterocycles. The Balaban J connectivity index is 1.74. The van der Waals surface area contributed by atoms with Crippen LogP contribution in [0.25, 0.3) is 11.0 Å². The van der Waals surface area contributed by atoms with E-state index in [0.717, 1.165) is 0 Å². The molecule has 0 aliphatic carbocycles. The second-order valence-corrected chi connectivity index (χ2v) is 8.30. The van der Waals surface area contributed by atoms with Gasteiger partial charge in [0.2, 0.25) is 0 Å². The second kappa shape index (κ2) is 9.00. The minimum Gasteiger partial charge on any atom is -0.345 e. The number of rotatable bonds is 5. The molecule has 162 valence electrons. The van der Waals surface area contributed by atoms with Crippen molar-refractivity contribution in [3.05, 3.63) is 110 Å². The van der Waals surface area contributed by atoms with E-state index in [1.807, 2.05) is 0 Å². The average molecular weight is 498 g/mol. The number of pyridine rings is 2. The predicted molar refractivity (Wildman–Crippen MR) is 121 cm³/mol. The van der Waals surface area contributed by atoms with E-state index in [-0.39, 0.29) is 23.7 Å². The molecule has 0 spiro atoms. The maximum atomic E-state index is 13.3. The Kier molecular flexibility index (Phi) is 6.14. The Morgan fingerprint density at radius 1 is 1.06 bits per heavy atom. The standard InChI is InChI=1S/C24H18BrF2N3O2/c1-14(16-4-8-20(27)9-5-16)29-23(31)21-11-17-10-18(25)12-28-22(17)30(24(21)32)13-15-2-6-19(26)7-3-15/h2-12,14H,13H2,1H3,(H,29,31)/t14-/m0/s1. The number of carbonyl (C=O) groups excluding carboxylic acids is 1. The van der Waals surface area contributed by atoms with Crippen LogP contribution in [0.15, 0.2) is 76.1 Å². The van der Waals surface area contributed by atoms with Crippen LogP contribution in [0.3, 0.4) is 0 Å². The Bertz CT molecular complexity index is 1350. The largest absolute Gasteiger partial charge is 0.345 e. The van der Waals surface area contributed by atoms with Crippen molar-refractivity contribution in [2.75, 3.05) is 0 Å². The Morgan fingerprint density at radius 3 is 2.34 bits per heavy atom. The lowest BCUT2D eigenvalue weighted by atomic mass is 10.1. The Hall–Kier alpha value is -3.39. The van der Waals surface area contributed by atoms with E-state index in [1.165, 1.54) is 34.9 Å². The minimum atomic E-state index is -0.554. The van der Waals surface area contributed by atoms with Gasteiger partial charge in [0.25, 0.3) is 11.5 Å². The first-order chi connectivity index (χ1) is 15.3. The summed E-state index contributed by atoms with van der Waals surface area (Å²) < 4.78 is 28.6. The van der Waals surface area contributed by atoms with Crippen molar-refractivity contribution in [2.24, 2.45) is 0 Å². The minimum absolute atomic E-state index is 0.0477. The molecule has 0 aliphatic heterocycles. The summed E-state index contributed by atoms with van der Waals surface area (Å²) in [6, 6.07) is 14.4. The van der Waals surface area contributed by atoms with Crippen LogP contribution in [-0.4, -0.2) is 15.5 Å². The molecule has 2 aromatic carbocycles. The SMILES string of the molecule is C[C@H](NC(=O)c1cc2cc(Br)cnc2n(Cc2ccc(F)cc2)c1=O)c1ccc(F)cc1. The molecular formula is C24H18BrF2N3O2. The van der Waals surface area contributed by atoms with Gasteiger partial charge in [0.05, 0.1) is 12.6 Å². The number of aromatic nitrogens is 2. The number of halogens is 3. The van der Waals surface area contributed by atoms with Gasteiger partial charge in [-0.05, 0) is 70.4 Å². The molecule has 0 aliphatic rings. The van der Waals surface area contributed by atoms with E-state index in [0.29, 0.717) is 26.6 Å². The van der Waals surface area contributed by atoms with Crippen LogP contribution >= 0.6 is 15.9 Å². The number of hydrogen-bond acceptors (Lipinski definition) is 3. The number of nitrogens with one attached hydrogen (secondary N) is 1. The summed E-state index contributed by atoms with van der Waals surface area (Å²) in [5, 5.41) is 3.39. The van der Waals surface area contributed by atoms with Crippen molar-refractivity contribution >= 4 is 32.9 Å². The van der Waals surface area contributed by atoms with Gasteiger partial charge in [0, 0.05) is 16.1 Å². The van der Waals surface area contributed by atoms with Crippen molar-refractivity contribution in [2.45, 2.75) is 19.5 Å². The summed E-state index contributed by atoms with van der Waals surface area (Å²) in [4.78, 5) is 30.6. The molecule has 4 aromatic rings. The molecule has 5 nitrogen and oxygen atoms in total. The summed E-state index contributed by atoms with van der Waals surface area (Å²) in [5.74, 6) is -1.30. The quantitative estimate of drug-likeness (QED) is 0.423. The topological polar surface area (TPSA) is 64.0 Å². The molecule has 8 heteroatoms. The second-order valence-electron chi connectivity index (χ2n) is 7.39.